The Bertz CT molecular complexity index is 1600. The van der Waals surface area contributed by atoms with Crippen LogP contribution >= 0.6 is 0 Å². The summed E-state index contributed by atoms with van der Waals surface area (Å²) in [6.45, 7) is 12.2. The molecule has 0 atom stereocenters. The van der Waals surface area contributed by atoms with Crippen LogP contribution in [-0.4, -0.2) is 35.2 Å². The number of halogens is 2. The van der Waals surface area contributed by atoms with E-state index in [0.717, 1.165) is 11.1 Å². The minimum absolute atomic E-state index is 0. The fourth-order valence-electron chi connectivity index (χ4n) is 4.37. The standard InChI is InChI=1S/2C18H19N2O2.2ClH.Ti/c2*1-18(2,3)16-6-4-5-13(17(16)22)10-20-15-8-12(11-21)7-14(19)9-15;;;/h2*4-10,22H,19H2,1-3H3;2*1H;/q2*-1;;;+4/p-2. The van der Waals surface area contributed by atoms with E-state index in [-0.39, 0.29) is 68.9 Å². The monoisotopic (exact) mass is 708 g/mol. The minimum atomic E-state index is -0.162. The maximum absolute atomic E-state index is 10.7. The van der Waals surface area contributed by atoms with Crippen LogP contribution in [0.5, 0.6) is 11.5 Å². The average molecular weight is 709 g/mol. The van der Waals surface area contributed by atoms with Crippen LogP contribution in [0.25, 0.3) is 0 Å². The molecule has 11 heteroatoms. The van der Waals surface area contributed by atoms with E-state index < -0.39 is 0 Å². The first kappa shape index (κ1) is 43.1. The van der Waals surface area contributed by atoms with E-state index in [9.17, 15) is 19.8 Å². The van der Waals surface area contributed by atoms with Gasteiger partial charge in [-0.15, -0.1) is 35.4 Å². The van der Waals surface area contributed by atoms with Crippen LogP contribution in [0.4, 0.5) is 22.7 Å². The molecule has 47 heavy (non-hydrogen) atoms. The summed E-state index contributed by atoms with van der Waals surface area (Å²) in [5.74, 6) is 0.426. The van der Waals surface area contributed by atoms with Crippen molar-refractivity contribution in [3.05, 3.63) is 106 Å². The fourth-order valence-corrected chi connectivity index (χ4v) is 4.37. The van der Waals surface area contributed by atoms with Crippen LogP contribution in [0.15, 0.2) is 82.8 Å². The van der Waals surface area contributed by atoms with E-state index in [1.54, 1.807) is 61.4 Å². The quantitative estimate of drug-likeness (QED) is 0.101. The molecule has 0 unspecified atom stereocenters. The molecule has 244 valence electrons. The number of benzene rings is 4. The Morgan fingerprint density at radius 1 is 0.617 bits per heavy atom. The number of para-hydroxylation sites is 2. The summed E-state index contributed by atoms with van der Waals surface area (Å²) in [6, 6.07) is 20.7. The van der Waals surface area contributed by atoms with Gasteiger partial charge in [0.05, 0.1) is 12.6 Å². The van der Waals surface area contributed by atoms with Crippen molar-refractivity contribution in [2.45, 2.75) is 52.4 Å². The van der Waals surface area contributed by atoms with Gasteiger partial charge < -0.3 is 56.1 Å². The molecule has 6 N–H and O–H groups in total. The molecule has 0 saturated heterocycles. The van der Waals surface area contributed by atoms with Crippen molar-refractivity contribution < 1.29 is 66.3 Å². The summed E-state index contributed by atoms with van der Waals surface area (Å²) >= 11 is 0. The maximum Gasteiger partial charge on any atom is 4.00 e. The Morgan fingerprint density at radius 3 is 1.26 bits per heavy atom. The van der Waals surface area contributed by atoms with E-state index in [1.165, 1.54) is 12.1 Å². The molecule has 0 aliphatic heterocycles. The number of aliphatic imine (C=N–C) groups is 2. The van der Waals surface area contributed by atoms with Gasteiger partial charge in [0.25, 0.3) is 0 Å². The maximum atomic E-state index is 10.7. The second kappa shape index (κ2) is 18.4. The van der Waals surface area contributed by atoms with Crippen LogP contribution in [-0.2, 0) is 42.1 Å². The number of aromatic hydroxyl groups is 2. The third kappa shape index (κ3) is 12.3. The van der Waals surface area contributed by atoms with Crippen molar-refractivity contribution in [3.63, 3.8) is 0 Å². The van der Waals surface area contributed by atoms with Crippen molar-refractivity contribution in [1.82, 2.24) is 0 Å². The molecule has 4 aromatic rings. The summed E-state index contributed by atoms with van der Waals surface area (Å²) in [6.07, 6.45) is 6.71. The minimum Gasteiger partial charge on any atom is -1.00 e. The van der Waals surface area contributed by atoms with E-state index >= 15 is 0 Å². The zero-order valence-corrected chi connectivity index (χ0v) is 30.2. The van der Waals surface area contributed by atoms with Gasteiger partial charge in [0.2, 0.25) is 0 Å². The third-order valence-corrected chi connectivity index (χ3v) is 6.57. The van der Waals surface area contributed by atoms with Crippen LogP contribution < -0.4 is 36.3 Å². The van der Waals surface area contributed by atoms with Crippen LogP contribution in [0.2, 0.25) is 0 Å². The molecule has 0 radical (unpaired) electrons. The van der Waals surface area contributed by atoms with Crippen LogP contribution in [0.1, 0.15) is 74.9 Å². The first-order valence-corrected chi connectivity index (χ1v) is 13.9. The second-order valence-corrected chi connectivity index (χ2v) is 12.3. The molecule has 0 bridgehead atoms. The summed E-state index contributed by atoms with van der Waals surface area (Å²) in [5, 5.41) is 20.8. The van der Waals surface area contributed by atoms with Crippen LogP contribution in [0.3, 0.4) is 0 Å². The van der Waals surface area contributed by atoms with E-state index in [1.807, 2.05) is 65.8 Å². The molecule has 0 amide bonds. The molecular formula is C36H38Cl2N4O4Ti. The van der Waals surface area contributed by atoms with Crippen molar-refractivity contribution in [1.29, 1.82) is 0 Å². The first-order chi connectivity index (χ1) is 20.6. The fraction of sp³-hybridized carbons (Fsp3) is 0.222. The van der Waals surface area contributed by atoms with Crippen molar-refractivity contribution >= 4 is 47.8 Å². The summed E-state index contributed by atoms with van der Waals surface area (Å²) < 4.78 is 0. The molecule has 0 aliphatic carbocycles. The molecule has 0 heterocycles. The Labute approximate surface area is 304 Å². The zero-order valence-electron chi connectivity index (χ0n) is 27.1. The van der Waals surface area contributed by atoms with Gasteiger partial charge in [0.15, 0.2) is 0 Å². The first-order valence-electron chi connectivity index (χ1n) is 13.9. The molecule has 0 fully saturated rings. The Hall–Kier alpha value is -3.95. The number of rotatable bonds is 6. The number of hydrogen-bond donors (Lipinski definition) is 4. The SMILES string of the molecule is CC(C)(C)c1cccc(C=Nc2cc(N)cc([C-]=O)c2)c1O.CC(C)(C)c1cccc(C=Nc2cc(N)cc([C-]=O)c2)c1O.[Cl-].[Cl-].[Ti+4]. The number of carbonyl (C=O) groups excluding carboxylic acids is 2. The topological polar surface area (TPSA) is 151 Å². The normalized spacial score (nSPS) is 11.0. The third-order valence-electron chi connectivity index (χ3n) is 6.57. The van der Waals surface area contributed by atoms with Crippen molar-refractivity contribution in [2.75, 3.05) is 11.5 Å². The number of anilines is 2. The molecule has 4 rings (SSSR count). The molecular weight excluding hydrogens is 671 g/mol. The molecule has 0 spiro atoms. The Kier molecular flexibility index (Phi) is 16.9. The van der Waals surface area contributed by atoms with Crippen molar-refractivity contribution in [3.8, 4) is 11.5 Å². The summed E-state index contributed by atoms with van der Waals surface area (Å²) in [4.78, 5) is 30.0. The van der Waals surface area contributed by atoms with Gasteiger partial charge >= 0.3 is 21.7 Å². The van der Waals surface area contributed by atoms with E-state index in [4.69, 9.17) is 11.5 Å². The zero-order chi connectivity index (χ0) is 32.7. The smallest absolute Gasteiger partial charge is 1.00 e. The summed E-state index contributed by atoms with van der Waals surface area (Å²) in [7, 11) is 0. The number of hydrogen-bond acceptors (Lipinski definition) is 8. The number of nitrogen functional groups attached to an aromatic ring is 2. The predicted octanol–water partition coefficient (Wildman–Crippen LogP) is 0.966. The number of nitrogens with zero attached hydrogens (tertiary/aromatic N) is 2. The van der Waals surface area contributed by atoms with Gasteiger partial charge in [-0.25, -0.2) is 0 Å². The average Bonchev–Trinajstić information content (AvgIpc) is 2.94. The number of nitrogens with two attached hydrogens (primary N) is 2. The van der Waals surface area contributed by atoms with Gasteiger partial charge in [-0.2, -0.15) is 0 Å². The summed E-state index contributed by atoms with van der Waals surface area (Å²) in [5.41, 5.74) is 16.7. The van der Waals surface area contributed by atoms with Gasteiger partial charge in [0.1, 0.15) is 11.5 Å². The van der Waals surface area contributed by atoms with E-state index in [2.05, 4.69) is 9.98 Å². The van der Waals surface area contributed by atoms with Gasteiger partial charge in [0, 0.05) is 34.9 Å². The van der Waals surface area contributed by atoms with Gasteiger partial charge in [-0.1, -0.05) is 65.8 Å². The van der Waals surface area contributed by atoms with Crippen LogP contribution in [0, 0.1) is 0 Å². The predicted molar refractivity (Wildman–Crippen MR) is 179 cm³/mol. The van der Waals surface area contributed by atoms with Crippen molar-refractivity contribution in [2.24, 2.45) is 9.98 Å². The number of phenolic OH excluding ortho intramolecular Hbond substituents is 2. The second-order valence-electron chi connectivity index (χ2n) is 12.3. The molecule has 8 nitrogen and oxygen atoms in total. The molecule has 4 aromatic carbocycles. The largest absolute Gasteiger partial charge is 4.00 e. The number of phenols is 2. The Balaban J connectivity index is 0.000000846. The van der Waals surface area contributed by atoms with Gasteiger partial charge in [-0.3, -0.25) is 9.98 Å². The Morgan fingerprint density at radius 2 is 0.957 bits per heavy atom. The van der Waals surface area contributed by atoms with Gasteiger partial charge in [-0.05, 0) is 57.6 Å². The molecule has 0 saturated carbocycles. The van der Waals surface area contributed by atoms with E-state index in [0.29, 0.717) is 45.0 Å². The molecule has 0 aliphatic rings. The molecule has 0 aromatic heterocycles.